The Balaban J connectivity index is 1.53. The molecule has 2 aromatic rings. The van der Waals surface area contributed by atoms with Crippen molar-refractivity contribution in [2.75, 3.05) is 19.6 Å². The molecule has 0 bridgehead atoms. The lowest BCUT2D eigenvalue weighted by Gasteiger charge is -2.15. The normalized spacial score (nSPS) is 13.6. The number of benzene rings is 1. The maximum Gasteiger partial charge on any atom is 0.356 e. The average molecular weight is 368 g/mol. The summed E-state index contributed by atoms with van der Waals surface area (Å²) in [5.74, 6) is -1.15. The summed E-state index contributed by atoms with van der Waals surface area (Å²) >= 11 is 0. The molecule has 140 valence electrons. The van der Waals surface area contributed by atoms with Crippen molar-refractivity contribution in [3.63, 3.8) is 0 Å². The van der Waals surface area contributed by atoms with Crippen LogP contribution in [0.5, 0.6) is 0 Å². The average Bonchev–Trinajstić information content (AvgIpc) is 3.10. The minimum atomic E-state index is -1.14. The Morgan fingerprint density at radius 2 is 1.96 bits per heavy atom. The van der Waals surface area contributed by atoms with Gasteiger partial charge in [-0.05, 0) is 25.0 Å². The molecule has 1 aromatic heterocycles. The van der Waals surface area contributed by atoms with E-state index in [9.17, 15) is 14.4 Å². The Bertz CT molecular complexity index is 851. The predicted molar refractivity (Wildman–Crippen MR) is 97.2 cm³/mol. The number of carbonyl (C=O) groups is 3. The molecule has 0 unspecified atom stereocenters. The van der Waals surface area contributed by atoms with E-state index < -0.39 is 5.97 Å². The molecule has 1 fully saturated rings. The van der Waals surface area contributed by atoms with Gasteiger partial charge in [0.2, 0.25) is 5.91 Å². The molecule has 8 heteroatoms. The summed E-state index contributed by atoms with van der Waals surface area (Å²) < 4.78 is 0. The van der Waals surface area contributed by atoms with Crippen LogP contribution >= 0.6 is 0 Å². The predicted octanol–water partition coefficient (Wildman–Crippen LogP) is 1.58. The second-order valence-electron chi connectivity index (χ2n) is 6.27. The second-order valence-corrected chi connectivity index (χ2v) is 6.27. The molecule has 27 heavy (non-hydrogen) atoms. The number of nitrogens with zero attached hydrogens (tertiary/aromatic N) is 3. The van der Waals surface area contributed by atoms with Crippen molar-refractivity contribution in [1.82, 2.24) is 20.2 Å². The summed E-state index contributed by atoms with van der Waals surface area (Å²) in [6, 6.07) is 6.72. The first-order chi connectivity index (χ1) is 13.0. The van der Waals surface area contributed by atoms with Crippen molar-refractivity contribution in [1.29, 1.82) is 0 Å². The number of carboxylic acids is 1. The number of aromatic nitrogens is 2. The quantitative estimate of drug-likeness (QED) is 0.718. The molecular formula is C19H20N4O4. The van der Waals surface area contributed by atoms with Gasteiger partial charge in [-0.3, -0.25) is 14.6 Å². The number of hydrogen-bond acceptors (Lipinski definition) is 5. The van der Waals surface area contributed by atoms with Gasteiger partial charge in [-0.25, -0.2) is 9.78 Å². The van der Waals surface area contributed by atoms with E-state index in [0.29, 0.717) is 42.8 Å². The third kappa shape index (κ3) is 4.66. The van der Waals surface area contributed by atoms with Crippen LogP contribution in [-0.4, -0.2) is 57.4 Å². The van der Waals surface area contributed by atoms with E-state index in [1.807, 2.05) is 4.90 Å². The van der Waals surface area contributed by atoms with Crippen molar-refractivity contribution in [2.45, 2.75) is 19.3 Å². The van der Waals surface area contributed by atoms with Crippen LogP contribution in [0, 0.1) is 0 Å². The first kappa shape index (κ1) is 18.5. The highest BCUT2D eigenvalue weighted by Gasteiger charge is 2.19. The summed E-state index contributed by atoms with van der Waals surface area (Å²) in [4.78, 5) is 44.4. The lowest BCUT2D eigenvalue weighted by atomic mass is 10.1. The monoisotopic (exact) mass is 368 g/mol. The number of carbonyl (C=O) groups excluding carboxylic acids is 2. The SMILES string of the molecule is O=C(NCCCN1CCCC1=O)c1ccc(-c2cncc(C(=O)O)n2)cc1. The molecule has 2 N–H and O–H groups in total. The maximum absolute atomic E-state index is 12.2. The van der Waals surface area contributed by atoms with E-state index in [1.54, 1.807) is 24.3 Å². The Labute approximate surface area is 156 Å². The van der Waals surface area contributed by atoms with E-state index >= 15 is 0 Å². The minimum absolute atomic E-state index is 0.134. The van der Waals surface area contributed by atoms with Crippen molar-refractivity contribution >= 4 is 17.8 Å². The van der Waals surface area contributed by atoms with E-state index in [1.165, 1.54) is 12.4 Å². The molecule has 3 rings (SSSR count). The standard InChI is InChI=1S/C19H20N4O4/c24-17-3-1-9-23(17)10-2-8-21-18(25)14-6-4-13(5-7-14)15-11-20-12-16(22-15)19(26)27/h4-7,11-12H,1-3,8-10H2,(H,21,25)(H,26,27). The molecular weight excluding hydrogens is 348 g/mol. The highest BCUT2D eigenvalue weighted by Crippen LogP contribution is 2.17. The van der Waals surface area contributed by atoms with E-state index in [4.69, 9.17) is 5.11 Å². The molecule has 0 aliphatic carbocycles. The number of nitrogens with one attached hydrogen (secondary N) is 1. The van der Waals surface area contributed by atoms with Crippen molar-refractivity contribution in [3.8, 4) is 11.3 Å². The van der Waals surface area contributed by atoms with Crippen molar-refractivity contribution < 1.29 is 19.5 Å². The first-order valence-corrected chi connectivity index (χ1v) is 8.76. The van der Waals surface area contributed by atoms with Crippen LogP contribution in [0.2, 0.25) is 0 Å². The molecule has 0 radical (unpaired) electrons. The van der Waals surface area contributed by atoms with Gasteiger partial charge in [-0.1, -0.05) is 12.1 Å². The molecule has 8 nitrogen and oxygen atoms in total. The minimum Gasteiger partial charge on any atom is -0.476 e. The van der Waals surface area contributed by atoms with Crippen LogP contribution in [0.3, 0.4) is 0 Å². The van der Waals surface area contributed by atoms with Gasteiger partial charge >= 0.3 is 5.97 Å². The zero-order valence-corrected chi connectivity index (χ0v) is 14.7. The number of carboxylic acid groups (broad SMARTS) is 1. The summed E-state index contributed by atoms with van der Waals surface area (Å²) in [5, 5.41) is 11.8. The topological polar surface area (TPSA) is 112 Å². The smallest absolute Gasteiger partial charge is 0.356 e. The number of aromatic carboxylic acids is 1. The van der Waals surface area contributed by atoms with Gasteiger partial charge in [0, 0.05) is 37.2 Å². The largest absolute Gasteiger partial charge is 0.476 e. The van der Waals surface area contributed by atoms with Crippen LogP contribution in [0.25, 0.3) is 11.3 Å². The third-order valence-electron chi connectivity index (χ3n) is 4.36. The molecule has 2 heterocycles. The van der Waals surface area contributed by atoms with Crippen molar-refractivity contribution in [3.05, 3.63) is 47.9 Å². The van der Waals surface area contributed by atoms with Gasteiger partial charge in [0.1, 0.15) is 0 Å². The molecule has 0 spiro atoms. The lowest BCUT2D eigenvalue weighted by molar-refractivity contribution is -0.127. The molecule has 1 aromatic carbocycles. The highest BCUT2D eigenvalue weighted by atomic mass is 16.4. The van der Waals surface area contributed by atoms with Crippen LogP contribution in [0.1, 0.15) is 40.1 Å². The lowest BCUT2D eigenvalue weighted by Crippen LogP contribution is -2.30. The van der Waals surface area contributed by atoms with Gasteiger partial charge in [0.05, 0.1) is 18.1 Å². The first-order valence-electron chi connectivity index (χ1n) is 8.76. The van der Waals surface area contributed by atoms with Gasteiger partial charge in [0.15, 0.2) is 5.69 Å². The van der Waals surface area contributed by atoms with Crippen LogP contribution in [0.4, 0.5) is 0 Å². The number of hydrogen-bond donors (Lipinski definition) is 2. The third-order valence-corrected chi connectivity index (χ3v) is 4.36. The fourth-order valence-corrected chi connectivity index (χ4v) is 2.91. The fraction of sp³-hybridized carbons (Fsp3) is 0.316. The summed E-state index contributed by atoms with van der Waals surface area (Å²) in [5.41, 5.74) is 1.47. The second kappa shape index (κ2) is 8.39. The zero-order chi connectivity index (χ0) is 19.2. The number of amides is 2. The Kier molecular flexibility index (Phi) is 5.75. The van der Waals surface area contributed by atoms with Gasteiger partial charge in [0.25, 0.3) is 5.91 Å². The Morgan fingerprint density at radius 3 is 2.63 bits per heavy atom. The maximum atomic E-state index is 12.2. The molecule has 0 atom stereocenters. The number of likely N-dealkylation sites (tertiary alicyclic amines) is 1. The van der Waals surface area contributed by atoms with Gasteiger partial charge in [-0.15, -0.1) is 0 Å². The van der Waals surface area contributed by atoms with E-state index in [-0.39, 0.29) is 17.5 Å². The summed E-state index contributed by atoms with van der Waals surface area (Å²) in [6.45, 7) is 1.97. The Morgan fingerprint density at radius 1 is 1.19 bits per heavy atom. The van der Waals surface area contributed by atoms with E-state index in [0.717, 1.165) is 13.0 Å². The number of rotatable bonds is 7. The van der Waals surface area contributed by atoms with Gasteiger partial charge in [-0.2, -0.15) is 0 Å². The van der Waals surface area contributed by atoms with Gasteiger partial charge < -0.3 is 15.3 Å². The van der Waals surface area contributed by atoms with Crippen LogP contribution in [0.15, 0.2) is 36.7 Å². The summed E-state index contributed by atoms with van der Waals surface area (Å²) in [6.07, 6.45) is 4.91. The highest BCUT2D eigenvalue weighted by molar-refractivity contribution is 5.94. The molecule has 2 amide bonds. The molecule has 1 saturated heterocycles. The fourth-order valence-electron chi connectivity index (χ4n) is 2.91. The molecule has 1 aliphatic heterocycles. The van der Waals surface area contributed by atoms with Crippen LogP contribution < -0.4 is 5.32 Å². The zero-order valence-electron chi connectivity index (χ0n) is 14.7. The summed E-state index contributed by atoms with van der Waals surface area (Å²) in [7, 11) is 0. The molecule has 0 saturated carbocycles. The van der Waals surface area contributed by atoms with Crippen molar-refractivity contribution in [2.24, 2.45) is 0 Å². The molecule has 1 aliphatic rings. The van der Waals surface area contributed by atoms with E-state index in [2.05, 4.69) is 15.3 Å². The Hall–Kier alpha value is -3.29. The van der Waals surface area contributed by atoms with Crippen LogP contribution in [-0.2, 0) is 4.79 Å².